The minimum atomic E-state index is -0.651. The lowest BCUT2D eigenvalue weighted by atomic mass is 10.1. The van der Waals surface area contributed by atoms with Crippen LogP contribution in [0.1, 0.15) is 51.8 Å². The van der Waals surface area contributed by atoms with Gasteiger partial charge in [-0.3, -0.25) is 19.3 Å². The predicted octanol–water partition coefficient (Wildman–Crippen LogP) is 1.72. The van der Waals surface area contributed by atoms with E-state index < -0.39 is 23.4 Å². The molecule has 0 aromatic heterocycles. The number of nitrogens with zero attached hydrogens (tertiary/aromatic N) is 1. The van der Waals surface area contributed by atoms with Gasteiger partial charge in [0.15, 0.2) is 0 Å². The fourth-order valence-corrected chi connectivity index (χ4v) is 2.62. The van der Waals surface area contributed by atoms with Crippen LogP contribution in [0.3, 0.4) is 0 Å². The maximum Gasteiger partial charge on any atom is 0.407 e. The standard InChI is InChI=1S/C19H23N3O5/c1-5-10-27-18(26)21-9-8-20-15(23)12-6-7-13-14(11-12)17(25)22(16(13)24)19(2,3)4/h5-7,11H,1,8-10H2,2-4H3,(H,20,23)(H,21,26). The summed E-state index contributed by atoms with van der Waals surface area (Å²) in [6.07, 6.45) is 0.843. The Morgan fingerprint density at radius 3 is 2.37 bits per heavy atom. The molecule has 0 saturated carbocycles. The lowest BCUT2D eigenvalue weighted by molar-refractivity contribution is 0.0507. The zero-order valence-electron chi connectivity index (χ0n) is 15.6. The number of ether oxygens (including phenoxy) is 1. The molecule has 1 aliphatic heterocycles. The lowest BCUT2D eigenvalue weighted by Crippen LogP contribution is -2.45. The van der Waals surface area contributed by atoms with E-state index >= 15 is 0 Å². The number of alkyl carbamates (subject to hydrolysis) is 1. The van der Waals surface area contributed by atoms with Gasteiger partial charge in [0.05, 0.1) is 11.1 Å². The van der Waals surface area contributed by atoms with Crippen molar-refractivity contribution in [2.75, 3.05) is 19.7 Å². The highest BCUT2D eigenvalue weighted by Crippen LogP contribution is 2.29. The number of nitrogens with one attached hydrogen (secondary N) is 2. The Kier molecular flexibility index (Phi) is 5.99. The van der Waals surface area contributed by atoms with E-state index in [0.29, 0.717) is 0 Å². The summed E-state index contributed by atoms with van der Waals surface area (Å²) in [5.74, 6) is -1.19. The molecule has 1 aromatic carbocycles. The summed E-state index contributed by atoms with van der Waals surface area (Å²) in [4.78, 5) is 49.7. The van der Waals surface area contributed by atoms with Crippen LogP contribution in [0.5, 0.6) is 0 Å². The molecule has 1 aliphatic rings. The Balaban J connectivity index is 1.98. The van der Waals surface area contributed by atoms with Crippen molar-refractivity contribution >= 4 is 23.8 Å². The summed E-state index contributed by atoms with van der Waals surface area (Å²) >= 11 is 0. The van der Waals surface area contributed by atoms with Crippen molar-refractivity contribution in [1.29, 1.82) is 0 Å². The number of rotatable bonds is 6. The molecule has 0 spiro atoms. The normalized spacial score (nSPS) is 13.2. The van der Waals surface area contributed by atoms with Crippen molar-refractivity contribution in [2.45, 2.75) is 26.3 Å². The summed E-state index contributed by atoms with van der Waals surface area (Å²) in [5, 5.41) is 5.10. The zero-order valence-corrected chi connectivity index (χ0v) is 15.6. The van der Waals surface area contributed by atoms with Gasteiger partial charge in [-0.05, 0) is 39.0 Å². The van der Waals surface area contributed by atoms with Gasteiger partial charge in [-0.15, -0.1) is 0 Å². The second-order valence-corrected chi connectivity index (χ2v) is 6.95. The molecule has 0 saturated heterocycles. The van der Waals surface area contributed by atoms with Crippen LogP contribution in [0.4, 0.5) is 4.79 Å². The van der Waals surface area contributed by atoms with Crippen LogP contribution >= 0.6 is 0 Å². The van der Waals surface area contributed by atoms with Crippen LogP contribution in [-0.4, -0.2) is 54.0 Å². The van der Waals surface area contributed by atoms with Crippen molar-refractivity contribution in [3.05, 3.63) is 47.5 Å². The van der Waals surface area contributed by atoms with E-state index in [4.69, 9.17) is 4.74 Å². The second kappa shape index (κ2) is 8.03. The maximum absolute atomic E-state index is 12.6. The van der Waals surface area contributed by atoms with E-state index in [-0.39, 0.29) is 42.3 Å². The monoisotopic (exact) mass is 373 g/mol. The summed E-state index contributed by atoms with van der Waals surface area (Å²) in [7, 11) is 0. The lowest BCUT2D eigenvalue weighted by Gasteiger charge is -2.29. The van der Waals surface area contributed by atoms with Crippen molar-refractivity contribution in [2.24, 2.45) is 0 Å². The van der Waals surface area contributed by atoms with Gasteiger partial charge in [0, 0.05) is 24.2 Å². The predicted molar refractivity (Wildman–Crippen MR) is 98.6 cm³/mol. The number of hydrogen-bond acceptors (Lipinski definition) is 5. The highest BCUT2D eigenvalue weighted by molar-refractivity contribution is 6.22. The van der Waals surface area contributed by atoms with Gasteiger partial charge in [0.1, 0.15) is 6.61 Å². The summed E-state index contributed by atoms with van der Waals surface area (Å²) in [6.45, 7) is 9.21. The molecule has 0 bridgehead atoms. The van der Waals surface area contributed by atoms with Crippen LogP contribution in [0.2, 0.25) is 0 Å². The number of carbonyl (C=O) groups excluding carboxylic acids is 4. The molecule has 0 fully saturated rings. The van der Waals surface area contributed by atoms with Gasteiger partial charge in [-0.1, -0.05) is 12.7 Å². The molecule has 1 heterocycles. The second-order valence-electron chi connectivity index (χ2n) is 6.95. The average molecular weight is 373 g/mol. The van der Waals surface area contributed by atoms with Gasteiger partial charge in [0.2, 0.25) is 0 Å². The molecule has 0 radical (unpaired) electrons. The SMILES string of the molecule is C=CCOC(=O)NCCNC(=O)c1ccc2c(c1)C(=O)N(C(C)(C)C)C2=O. The molecule has 0 aliphatic carbocycles. The fraction of sp³-hybridized carbons (Fsp3) is 0.368. The van der Waals surface area contributed by atoms with Crippen molar-refractivity contribution in [3.8, 4) is 0 Å². The van der Waals surface area contributed by atoms with Crippen LogP contribution in [0, 0.1) is 0 Å². The third-order valence-corrected chi connectivity index (χ3v) is 3.83. The Labute approximate surface area is 157 Å². The summed E-state index contributed by atoms with van der Waals surface area (Å²) < 4.78 is 4.74. The number of benzene rings is 1. The van der Waals surface area contributed by atoms with Crippen LogP contribution in [-0.2, 0) is 4.74 Å². The minimum Gasteiger partial charge on any atom is -0.445 e. The van der Waals surface area contributed by atoms with Crippen molar-refractivity contribution < 1.29 is 23.9 Å². The topological polar surface area (TPSA) is 105 Å². The molecule has 8 nitrogen and oxygen atoms in total. The quantitative estimate of drug-likeness (QED) is 0.449. The molecule has 27 heavy (non-hydrogen) atoms. The van der Waals surface area contributed by atoms with E-state index in [1.165, 1.54) is 29.2 Å². The van der Waals surface area contributed by atoms with E-state index in [2.05, 4.69) is 17.2 Å². The van der Waals surface area contributed by atoms with Gasteiger partial charge < -0.3 is 15.4 Å². The van der Waals surface area contributed by atoms with Gasteiger partial charge in [-0.25, -0.2) is 4.79 Å². The Morgan fingerprint density at radius 1 is 1.11 bits per heavy atom. The van der Waals surface area contributed by atoms with Crippen molar-refractivity contribution in [3.63, 3.8) is 0 Å². The summed E-state index contributed by atoms with van der Waals surface area (Å²) in [6, 6.07) is 4.40. The molecule has 4 amide bonds. The molecular weight excluding hydrogens is 350 g/mol. The minimum absolute atomic E-state index is 0.103. The fourth-order valence-electron chi connectivity index (χ4n) is 2.62. The summed E-state index contributed by atoms with van der Waals surface area (Å²) in [5.41, 5.74) is 0.119. The maximum atomic E-state index is 12.6. The van der Waals surface area contributed by atoms with Gasteiger partial charge in [-0.2, -0.15) is 0 Å². The zero-order chi connectivity index (χ0) is 20.2. The highest BCUT2D eigenvalue weighted by atomic mass is 16.5. The van der Waals surface area contributed by atoms with E-state index in [0.717, 1.165) is 0 Å². The molecular formula is C19H23N3O5. The molecule has 0 atom stereocenters. The number of fused-ring (bicyclic) bond motifs is 1. The van der Waals surface area contributed by atoms with E-state index in [9.17, 15) is 19.2 Å². The Bertz CT molecular complexity index is 795. The van der Waals surface area contributed by atoms with Crippen LogP contribution in [0.15, 0.2) is 30.9 Å². The first-order valence-electron chi connectivity index (χ1n) is 8.49. The first-order valence-corrected chi connectivity index (χ1v) is 8.49. The smallest absolute Gasteiger partial charge is 0.407 e. The third kappa shape index (κ3) is 4.52. The van der Waals surface area contributed by atoms with E-state index in [1.54, 1.807) is 20.8 Å². The first-order chi connectivity index (χ1) is 12.7. The molecule has 0 unspecified atom stereocenters. The first kappa shape index (κ1) is 20.2. The number of imide groups is 1. The molecule has 2 rings (SSSR count). The molecule has 144 valence electrons. The van der Waals surface area contributed by atoms with Gasteiger partial charge in [0.25, 0.3) is 17.7 Å². The van der Waals surface area contributed by atoms with Crippen LogP contribution in [0.25, 0.3) is 0 Å². The van der Waals surface area contributed by atoms with Crippen molar-refractivity contribution in [1.82, 2.24) is 15.5 Å². The number of carbonyl (C=O) groups is 4. The van der Waals surface area contributed by atoms with Crippen LogP contribution < -0.4 is 10.6 Å². The van der Waals surface area contributed by atoms with Gasteiger partial charge >= 0.3 is 6.09 Å². The Hall–Kier alpha value is -3.16. The Morgan fingerprint density at radius 2 is 1.74 bits per heavy atom. The van der Waals surface area contributed by atoms with E-state index in [1.807, 2.05) is 0 Å². The molecule has 1 aromatic rings. The molecule has 2 N–H and O–H groups in total. The number of amides is 4. The molecule has 8 heteroatoms. The average Bonchev–Trinajstić information content (AvgIpc) is 2.87. The highest BCUT2D eigenvalue weighted by Gasteiger charge is 2.42. The number of hydrogen-bond donors (Lipinski definition) is 2. The largest absolute Gasteiger partial charge is 0.445 e. The third-order valence-electron chi connectivity index (χ3n) is 3.83.